The number of pyridine rings is 1. The zero-order valence-corrected chi connectivity index (χ0v) is 18.6. The number of hydrogen-bond donors (Lipinski definition) is 0. The molecule has 1 aromatic heterocycles. The molecule has 156 valence electrons. The highest BCUT2D eigenvalue weighted by Crippen LogP contribution is 2.57. The van der Waals surface area contributed by atoms with E-state index in [0.717, 1.165) is 5.75 Å². The number of rotatable bonds is 0. The summed E-state index contributed by atoms with van der Waals surface area (Å²) in [6.07, 6.45) is 2.30. The van der Waals surface area contributed by atoms with Gasteiger partial charge in [-0.05, 0) is 49.3 Å². The second-order valence-corrected chi connectivity index (χ2v) is 9.98. The lowest BCUT2D eigenvalue weighted by Gasteiger charge is -2.24. The standard InChI is InChI=1S/C31H22NO/c1-31(2)28-23-14-13-18-7-3-5-9-21(18)24(23)16-32-17-33-25-15-20-12-11-19-8-4-6-10-22(19)26(20)29(31)27(25)30(28)32/h3-16H,17H2,1-2H3/q+1. The summed E-state index contributed by atoms with van der Waals surface area (Å²) < 4.78 is 8.74. The van der Waals surface area contributed by atoms with Crippen LogP contribution in [0.5, 0.6) is 5.75 Å². The molecule has 2 heterocycles. The van der Waals surface area contributed by atoms with Crippen LogP contribution in [0.3, 0.4) is 0 Å². The van der Waals surface area contributed by atoms with Gasteiger partial charge in [-0.3, -0.25) is 0 Å². The van der Waals surface area contributed by atoms with Crippen molar-refractivity contribution in [3.05, 3.63) is 96.2 Å². The summed E-state index contributed by atoms with van der Waals surface area (Å²) in [5.41, 5.74) is 5.27. The minimum absolute atomic E-state index is 0.152. The first-order valence-electron chi connectivity index (χ1n) is 11.6. The topological polar surface area (TPSA) is 13.1 Å². The van der Waals surface area contributed by atoms with E-state index in [1.54, 1.807) is 0 Å². The van der Waals surface area contributed by atoms with Gasteiger partial charge in [0.1, 0.15) is 5.75 Å². The van der Waals surface area contributed by atoms with Crippen LogP contribution in [0.25, 0.3) is 54.3 Å². The van der Waals surface area contributed by atoms with Gasteiger partial charge in [-0.1, -0.05) is 86.6 Å². The van der Waals surface area contributed by atoms with Gasteiger partial charge < -0.3 is 4.74 Å². The molecule has 8 rings (SSSR count). The van der Waals surface area contributed by atoms with Crippen LogP contribution in [0.2, 0.25) is 0 Å². The van der Waals surface area contributed by atoms with Crippen molar-refractivity contribution in [3.63, 3.8) is 0 Å². The van der Waals surface area contributed by atoms with Gasteiger partial charge in [-0.2, -0.15) is 4.57 Å². The van der Waals surface area contributed by atoms with Crippen LogP contribution in [0.4, 0.5) is 0 Å². The van der Waals surface area contributed by atoms with E-state index in [4.69, 9.17) is 4.74 Å². The van der Waals surface area contributed by atoms with Gasteiger partial charge >= 0.3 is 0 Å². The van der Waals surface area contributed by atoms with Crippen molar-refractivity contribution in [2.75, 3.05) is 0 Å². The quantitative estimate of drug-likeness (QED) is 0.185. The Kier molecular flexibility index (Phi) is 3.05. The fourth-order valence-electron chi connectivity index (χ4n) is 6.53. The molecule has 0 atom stereocenters. The molecule has 0 N–H and O–H groups in total. The Hall–Kier alpha value is -3.91. The number of fused-ring (bicyclic) bond motifs is 8. The molecule has 0 radical (unpaired) electrons. The molecule has 33 heavy (non-hydrogen) atoms. The third-order valence-electron chi connectivity index (χ3n) is 7.89. The second-order valence-electron chi connectivity index (χ2n) is 9.98. The summed E-state index contributed by atoms with van der Waals surface area (Å²) in [5, 5.41) is 10.4. The molecule has 0 saturated carbocycles. The first-order valence-corrected chi connectivity index (χ1v) is 11.6. The number of benzene rings is 5. The van der Waals surface area contributed by atoms with Gasteiger partial charge in [-0.15, -0.1) is 0 Å². The van der Waals surface area contributed by atoms with Gasteiger partial charge in [0.25, 0.3) is 6.73 Å². The van der Waals surface area contributed by atoms with Crippen LogP contribution in [-0.4, -0.2) is 0 Å². The SMILES string of the molecule is CC1(C)c2c3[n+](cc4c2ccc2ccccc24)COc2cc4ccc5ccccc5c4c1c2-3. The summed E-state index contributed by atoms with van der Waals surface area (Å²) >= 11 is 0. The van der Waals surface area contributed by atoms with Gasteiger partial charge in [0, 0.05) is 11.0 Å². The smallest absolute Gasteiger partial charge is 0.292 e. The monoisotopic (exact) mass is 424 g/mol. The number of nitrogens with zero attached hydrogens (tertiary/aromatic N) is 1. The minimum Gasteiger partial charge on any atom is -0.435 e. The molecule has 0 amide bonds. The summed E-state index contributed by atoms with van der Waals surface area (Å²) in [5.74, 6) is 1.01. The van der Waals surface area contributed by atoms with Crippen LogP contribution in [-0.2, 0) is 12.1 Å². The molecule has 0 bridgehead atoms. The average molecular weight is 425 g/mol. The Morgan fingerprint density at radius 3 is 2.24 bits per heavy atom. The van der Waals surface area contributed by atoms with E-state index in [2.05, 4.69) is 103 Å². The lowest BCUT2D eigenvalue weighted by Crippen LogP contribution is -2.42. The zero-order chi connectivity index (χ0) is 21.9. The fourth-order valence-corrected chi connectivity index (χ4v) is 6.53. The molecule has 6 aromatic rings. The molecule has 5 aromatic carbocycles. The van der Waals surface area contributed by atoms with E-state index in [9.17, 15) is 0 Å². The molecule has 2 nitrogen and oxygen atoms in total. The van der Waals surface area contributed by atoms with E-state index >= 15 is 0 Å². The summed E-state index contributed by atoms with van der Waals surface area (Å²) in [6.45, 7) is 5.34. The fraction of sp³-hybridized carbons (Fsp3) is 0.129. The molecule has 0 unspecified atom stereocenters. The Morgan fingerprint density at radius 1 is 0.697 bits per heavy atom. The summed E-state index contributed by atoms with van der Waals surface area (Å²) in [4.78, 5) is 0. The number of ether oxygens (including phenoxy) is 1. The molecule has 1 aliphatic heterocycles. The maximum absolute atomic E-state index is 6.40. The second kappa shape index (κ2) is 5.71. The molecule has 1 aliphatic carbocycles. The van der Waals surface area contributed by atoms with Gasteiger partial charge in [-0.25, -0.2) is 0 Å². The summed E-state index contributed by atoms with van der Waals surface area (Å²) in [6, 6.07) is 28.8. The molecular weight excluding hydrogens is 402 g/mol. The molecule has 0 fully saturated rings. The largest absolute Gasteiger partial charge is 0.435 e. The zero-order valence-electron chi connectivity index (χ0n) is 18.6. The van der Waals surface area contributed by atoms with E-state index in [-0.39, 0.29) is 5.41 Å². The third-order valence-corrected chi connectivity index (χ3v) is 7.89. The minimum atomic E-state index is -0.152. The Labute approximate surface area is 191 Å². The number of aromatic nitrogens is 1. The lowest BCUT2D eigenvalue weighted by atomic mass is 9.77. The summed E-state index contributed by atoms with van der Waals surface area (Å²) in [7, 11) is 0. The Balaban J connectivity index is 1.62. The first-order chi connectivity index (χ1) is 16.1. The van der Waals surface area contributed by atoms with Gasteiger partial charge in [0.15, 0.2) is 6.20 Å². The van der Waals surface area contributed by atoms with Crippen LogP contribution in [0.1, 0.15) is 25.0 Å². The molecular formula is C31H22NO+. The van der Waals surface area contributed by atoms with Crippen molar-refractivity contribution in [2.24, 2.45) is 0 Å². The number of hydrogen-bond acceptors (Lipinski definition) is 1. The van der Waals surface area contributed by atoms with Gasteiger partial charge in [0.05, 0.1) is 10.9 Å². The van der Waals surface area contributed by atoms with Crippen molar-refractivity contribution >= 4 is 43.1 Å². The van der Waals surface area contributed by atoms with Crippen molar-refractivity contribution in [2.45, 2.75) is 26.0 Å². The Bertz CT molecular complexity index is 1840. The van der Waals surface area contributed by atoms with Crippen LogP contribution >= 0.6 is 0 Å². The maximum Gasteiger partial charge on any atom is 0.292 e. The maximum atomic E-state index is 6.40. The van der Waals surface area contributed by atoms with E-state index < -0.39 is 0 Å². The molecule has 0 saturated heterocycles. The Morgan fingerprint density at radius 2 is 1.39 bits per heavy atom. The lowest BCUT2D eigenvalue weighted by molar-refractivity contribution is -0.716. The van der Waals surface area contributed by atoms with E-state index in [1.165, 1.54) is 65.5 Å². The highest BCUT2D eigenvalue weighted by atomic mass is 16.5. The molecule has 0 spiro atoms. The van der Waals surface area contributed by atoms with Crippen LogP contribution in [0.15, 0.2) is 85.1 Å². The third kappa shape index (κ3) is 2.03. The first kappa shape index (κ1) is 17.6. The average Bonchev–Trinajstić information content (AvgIpc) is 3.10. The highest BCUT2D eigenvalue weighted by molar-refractivity contribution is 6.16. The predicted octanol–water partition coefficient (Wildman–Crippen LogP) is 7.24. The van der Waals surface area contributed by atoms with Crippen molar-refractivity contribution in [3.8, 4) is 17.0 Å². The normalized spacial score (nSPS) is 15.3. The van der Waals surface area contributed by atoms with Crippen LogP contribution in [0, 0.1) is 0 Å². The highest BCUT2D eigenvalue weighted by Gasteiger charge is 2.48. The van der Waals surface area contributed by atoms with Crippen LogP contribution < -0.4 is 9.30 Å². The molecule has 2 heteroatoms. The molecule has 2 aliphatic rings. The van der Waals surface area contributed by atoms with E-state index in [1.807, 2.05) is 0 Å². The van der Waals surface area contributed by atoms with Gasteiger partial charge in [0.2, 0.25) is 5.69 Å². The van der Waals surface area contributed by atoms with Crippen molar-refractivity contribution in [1.82, 2.24) is 0 Å². The van der Waals surface area contributed by atoms with E-state index in [0.29, 0.717) is 6.73 Å². The van der Waals surface area contributed by atoms with Crippen molar-refractivity contribution in [1.29, 1.82) is 0 Å². The van der Waals surface area contributed by atoms with Crippen molar-refractivity contribution < 1.29 is 9.30 Å². The predicted molar refractivity (Wildman–Crippen MR) is 135 cm³/mol.